The largest absolute Gasteiger partial charge is 0.472 e. The lowest BCUT2D eigenvalue weighted by Gasteiger charge is -2.41. The Morgan fingerprint density at radius 2 is 1.15 bits per heavy atom. The third-order valence-corrected chi connectivity index (χ3v) is 11.8. The molecule has 1 aliphatic heterocycles. The van der Waals surface area contributed by atoms with Crippen LogP contribution < -0.4 is 5.32 Å². The molecule has 1 fully saturated rings. The molecule has 0 aliphatic carbocycles. The second kappa shape index (κ2) is 41.2. The number of rotatable bonds is 42. The Morgan fingerprint density at radius 3 is 1.67 bits per heavy atom. The third kappa shape index (κ3) is 34.5. The van der Waals surface area contributed by atoms with Gasteiger partial charge in [0.1, 0.15) is 24.9 Å². The van der Waals surface area contributed by atoms with Gasteiger partial charge in [0.15, 0.2) is 6.10 Å². The molecule has 0 aromatic rings. The van der Waals surface area contributed by atoms with Crippen LogP contribution in [0.15, 0.2) is 72.9 Å². The van der Waals surface area contributed by atoms with E-state index in [1.807, 2.05) is 12.2 Å². The molecule has 1 heterocycles. The Labute approximate surface area is 397 Å². The Kier molecular flexibility index (Phi) is 38.3. The zero-order valence-electron chi connectivity index (χ0n) is 40.4. The summed E-state index contributed by atoms with van der Waals surface area (Å²) < 4.78 is 38.7. The SMILES string of the molecule is CC/C=C\C/C=C\C/C=C\C/C=C\C/C=C\C/C=C\CCC(=O)O[C@H](COC(=O)CCCCCCCCCCCCCCCCC)COP(=O)(O)OCCNC[C@@]1(O)OC[C@@H](O)[C@@H](O)[C@@H]1O. The zero-order valence-corrected chi connectivity index (χ0v) is 41.3. The summed E-state index contributed by atoms with van der Waals surface area (Å²) in [5.74, 6) is -3.26. The number of phosphoric acid groups is 1. The van der Waals surface area contributed by atoms with Gasteiger partial charge in [-0.25, -0.2) is 4.57 Å². The van der Waals surface area contributed by atoms with Crippen LogP contribution in [0.4, 0.5) is 0 Å². The topological polar surface area (TPSA) is 211 Å². The van der Waals surface area contributed by atoms with Crippen molar-refractivity contribution in [3.8, 4) is 0 Å². The summed E-state index contributed by atoms with van der Waals surface area (Å²) in [5, 5.41) is 42.7. The van der Waals surface area contributed by atoms with Crippen molar-refractivity contribution in [1.82, 2.24) is 5.32 Å². The minimum atomic E-state index is -4.68. The molecule has 0 saturated carbocycles. The molecule has 0 amide bonds. The molecule has 0 aromatic heterocycles. The predicted molar refractivity (Wildman–Crippen MR) is 261 cm³/mol. The summed E-state index contributed by atoms with van der Waals surface area (Å²) in [7, 11) is -4.68. The fraction of sp³-hybridized carbons (Fsp3) is 0.725. The molecule has 14 nitrogen and oxygen atoms in total. The Balaban J connectivity index is 2.46. The van der Waals surface area contributed by atoms with Crippen molar-refractivity contribution in [3.63, 3.8) is 0 Å². The summed E-state index contributed by atoms with van der Waals surface area (Å²) >= 11 is 0. The summed E-state index contributed by atoms with van der Waals surface area (Å²) in [6, 6.07) is 0. The highest BCUT2D eigenvalue weighted by Crippen LogP contribution is 2.43. The number of carbonyl (C=O) groups excluding carboxylic acids is 2. The quantitative estimate of drug-likeness (QED) is 0.0146. The monoisotopic (exact) mass is 954 g/mol. The van der Waals surface area contributed by atoms with Gasteiger partial charge in [0.25, 0.3) is 0 Å². The van der Waals surface area contributed by atoms with Crippen LogP contribution in [0.1, 0.15) is 168 Å². The molecule has 1 aliphatic rings. The number of hydrogen-bond donors (Lipinski definition) is 6. The highest BCUT2D eigenvalue weighted by Gasteiger charge is 2.48. The molecule has 1 unspecified atom stereocenters. The molecule has 0 spiro atoms. The van der Waals surface area contributed by atoms with Crippen LogP contribution >= 0.6 is 7.82 Å². The standard InChI is InChI=1S/C51H88NO13P/c1-3-5-7-9-11-13-15-17-19-20-21-22-24-26-28-30-32-34-36-38-48(55)65-45(41-61-47(54)37-35-33-31-29-27-25-23-18-16-14-12-10-8-6-4-2)42-64-66(59,60)63-40-39-52-44-51(58)50(57)49(56)46(53)43-62-51/h5,7,11,13,17,19,21-22,26,28,32,34,45-46,49-50,52-53,56-58H,3-4,6,8-10,12,14-16,18,20,23-25,27,29-31,33,35-44H2,1-2H3,(H,59,60)/b7-5-,13-11-,19-17-,22-21-,28-26-,34-32-/t45-,46-,49-,50+,51-/m1/s1. The highest BCUT2D eigenvalue weighted by atomic mass is 31.2. The molecule has 15 heteroatoms. The molecule has 6 N–H and O–H groups in total. The Hall–Kier alpha value is -2.75. The van der Waals surface area contributed by atoms with Gasteiger partial charge in [-0.05, 0) is 51.4 Å². The summed E-state index contributed by atoms with van der Waals surface area (Å²) in [5.41, 5.74) is 0. The number of hydrogen-bond acceptors (Lipinski definition) is 13. The lowest BCUT2D eigenvalue weighted by Crippen LogP contribution is -2.64. The number of nitrogens with one attached hydrogen (secondary N) is 1. The van der Waals surface area contributed by atoms with Gasteiger partial charge in [0.2, 0.25) is 5.79 Å². The molecule has 0 bridgehead atoms. The van der Waals surface area contributed by atoms with E-state index in [1.54, 1.807) is 0 Å². The zero-order chi connectivity index (χ0) is 48.4. The van der Waals surface area contributed by atoms with Gasteiger partial charge >= 0.3 is 19.8 Å². The predicted octanol–water partition coefficient (Wildman–Crippen LogP) is 9.71. The van der Waals surface area contributed by atoms with Crippen LogP contribution in [-0.2, 0) is 37.4 Å². The van der Waals surface area contributed by atoms with E-state index in [0.29, 0.717) is 19.3 Å². The van der Waals surface area contributed by atoms with Crippen LogP contribution in [0.3, 0.4) is 0 Å². The summed E-state index contributed by atoms with van der Waals surface area (Å²) in [6.07, 6.45) is 43.5. The lowest BCUT2D eigenvalue weighted by molar-refractivity contribution is -0.317. The first-order chi connectivity index (χ1) is 31.9. The van der Waals surface area contributed by atoms with Crippen molar-refractivity contribution in [3.05, 3.63) is 72.9 Å². The average molecular weight is 954 g/mol. The molecule has 380 valence electrons. The van der Waals surface area contributed by atoms with Gasteiger partial charge in [0, 0.05) is 19.4 Å². The number of unbranched alkanes of at least 4 members (excludes halogenated alkanes) is 14. The minimum absolute atomic E-state index is 0.0332. The molecule has 1 saturated heterocycles. The number of aliphatic hydroxyl groups excluding tert-OH is 3. The number of carbonyl (C=O) groups is 2. The van der Waals surface area contributed by atoms with Gasteiger partial charge in [-0.1, -0.05) is 177 Å². The van der Waals surface area contributed by atoms with Gasteiger partial charge in [-0.15, -0.1) is 0 Å². The van der Waals surface area contributed by atoms with E-state index in [4.69, 9.17) is 23.3 Å². The highest BCUT2D eigenvalue weighted by molar-refractivity contribution is 7.47. The Morgan fingerprint density at radius 1 is 0.667 bits per heavy atom. The number of aliphatic hydroxyl groups is 4. The second-order valence-electron chi connectivity index (χ2n) is 16.9. The number of allylic oxidation sites excluding steroid dienone is 12. The first kappa shape index (κ1) is 61.3. The third-order valence-electron chi connectivity index (χ3n) is 10.8. The summed E-state index contributed by atoms with van der Waals surface area (Å²) in [4.78, 5) is 35.6. The van der Waals surface area contributed by atoms with E-state index in [0.717, 1.165) is 51.4 Å². The second-order valence-corrected chi connectivity index (χ2v) is 18.3. The van der Waals surface area contributed by atoms with E-state index >= 15 is 0 Å². The molecule has 1 rings (SSSR count). The van der Waals surface area contributed by atoms with Crippen molar-refractivity contribution < 1.29 is 62.7 Å². The molecular formula is C51H88NO13P. The van der Waals surface area contributed by atoms with Crippen molar-refractivity contribution in [2.45, 2.75) is 198 Å². The van der Waals surface area contributed by atoms with Crippen LogP contribution in [0.5, 0.6) is 0 Å². The number of phosphoric ester groups is 1. The van der Waals surface area contributed by atoms with E-state index in [1.165, 1.54) is 70.6 Å². The normalized spacial score (nSPS) is 20.7. The van der Waals surface area contributed by atoms with E-state index in [2.05, 4.69) is 79.9 Å². The van der Waals surface area contributed by atoms with Gasteiger partial charge < -0.3 is 44.8 Å². The minimum Gasteiger partial charge on any atom is -0.462 e. The van der Waals surface area contributed by atoms with Crippen molar-refractivity contribution in [1.29, 1.82) is 0 Å². The van der Waals surface area contributed by atoms with Crippen molar-refractivity contribution >= 4 is 19.8 Å². The van der Waals surface area contributed by atoms with Crippen molar-refractivity contribution in [2.24, 2.45) is 0 Å². The molecule has 0 radical (unpaired) electrons. The van der Waals surface area contributed by atoms with E-state index in [-0.39, 0.29) is 39.1 Å². The van der Waals surface area contributed by atoms with Crippen LogP contribution in [0.25, 0.3) is 0 Å². The molecule has 66 heavy (non-hydrogen) atoms. The van der Waals surface area contributed by atoms with Gasteiger partial charge in [0.05, 0.1) is 26.4 Å². The smallest absolute Gasteiger partial charge is 0.462 e. The first-order valence-corrected chi connectivity index (χ1v) is 26.4. The number of esters is 2. The number of ether oxygens (including phenoxy) is 3. The Bertz CT molecular complexity index is 1450. The average Bonchev–Trinajstić information content (AvgIpc) is 3.30. The van der Waals surface area contributed by atoms with E-state index < -0.39 is 63.2 Å². The van der Waals surface area contributed by atoms with Crippen LogP contribution in [-0.4, -0.2) is 107 Å². The van der Waals surface area contributed by atoms with E-state index in [9.17, 15) is 39.5 Å². The molecule has 0 aromatic carbocycles. The fourth-order valence-corrected chi connectivity index (χ4v) is 7.61. The van der Waals surface area contributed by atoms with Crippen LogP contribution in [0, 0.1) is 0 Å². The molecule has 6 atom stereocenters. The van der Waals surface area contributed by atoms with Crippen LogP contribution in [0.2, 0.25) is 0 Å². The van der Waals surface area contributed by atoms with Gasteiger partial charge in [-0.2, -0.15) is 0 Å². The maximum Gasteiger partial charge on any atom is 0.472 e. The molecular weight excluding hydrogens is 866 g/mol. The van der Waals surface area contributed by atoms with Gasteiger partial charge in [-0.3, -0.25) is 18.6 Å². The fourth-order valence-electron chi connectivity index (χ4n) is 6.86. The maximum atomic E-state index is 12.8. The lowest BCUT2D eigenvalue weighted by atomic mass is 9.97. The first-order valence-electron chi connectivity index (χ1n) is 24.9. The maximum absolute atomic E-state index is 12.8. The van der Waals surface area contributed by atoms with Crippen molar-refractivity contribution in [2.75, 3.05) is 39.5 Å². The summed E-state index contributed by atoms with van der Waals surface area (Å²) in [6.45, 7) is 2.14.